The zero-order valence-corrected chi connectivity index (χ0v) is 12.3. The van der Waals surface area contributed by atoms with Gasteiger partial charge in [-0.2, -0.15) is 0 Å². The fourth-order valence-corrected chi connectivity index (χ4v) is 1.78. The average Bonchev–Trinajstić information content (AvgIpc) is 2.45. The minimum absolute atomic E-state index is 0.137. The number of aliphatic hydroxyl groups is 1. The average molecular weight is 281 g/mol. The van der Waals surface area contributed by atoms with Crippen LogP contribution in [0.4, 0.5) is 0 Å². The Morgan fingerprint density at radius 1 is 1.35 bits per heavy atom. The topological polar surface area (TPSA) is 59.0 Å². The number of benzene rings is 1. The van der Waals surface area contributed by atoms with Gasteiger partial charge in [-0.25, -0.2) is 0 Å². The largest absolute Gasteiger partial charge is 0.494 e. The van der Waals surface area contributed by atoms with Crippen LogP contribution >= 0.6 is 0 Å². The Labute approximate surface area is 120 Å². The summed E-state index contributed by atoms with van der Waals surface area (Å²) < 4.78 is 10.3. The molecule has 0 aliphatic carbocycles. The van der Waals surface area contributed by atoms with Crippen LogP contribution in [0.15, 0.2) is 24.3 Å². The standard InChI is InChI=1S/C15H23NO4/c1-4-9-20-14-7-5-12(6-8-14)15(18)16(2)10-13(17)11-19-3/h5-8,13,17H,4,9-11H2,1-3H3. The number of nitrogens with zero attached hydrogens (tertiary/aromatic N) is 1. The van der Waals surface area contributed by atoms with Crippen LogP contribution in [0.5, 0.6) is 5.75 Å². The van der Waals surface area contributed by atoms with E-state index >= 15 is 0 Å². The monoisotopic (exact) mass is 281 g/mol. The maximum atomic E-state index is 12.1. The van der Waals surface area contributed by atoms with E-state index < -0.39 is 6.10 Å². The van der Waals surface area contributed by atoms with Gasteiger partial charge in [-0.05, 0) is 30.7 Å². The van der Waals surface area contributed by atoms with Crippen molar-refractivity contribution in [3.63, 3.8) is 0 Å². The molecule has 1 unspecified atom stereocenters. The highest BCUT2D eigenvalue weighted by atomic mass is 16.5. The van der Waals surface area contributed by atoms with E-state index in [1.165, 1.54) is 12.0 Å². The number of carbonyl (C=O) groups excluding carboxylic acids is 1. The number of likely N-dealkylation sites (N-methyl/N-ethyl adjacent to an activating group) is 1. The molecule has 1 atom stereocenters. The van der Waals surface area contributed by atoms with E-state index in [9.17, 15) is 9.90 Å². The molecule has 112 valence electrons. The zero-order chi connectivity index (χ0) is 15.0. The van der Waals surface area contributed by atoms with Gasteiger partial charge in [0.15, 0.2) is 0 Å². The Bertz CT molecular complexity index is 405. The first-order chi connectivity index (χ1) is 9.58. The maximum absolute atomic E-state index is 12.1. The van der Waals surface area contributed by atoms with E-state index in [1.807, 2.05) is 6.92 Å². The van der Waals surface area contributed by atoms with Crippen molar-refractivity contribution in [3.8, 4) is 5.75 Å². The van der Waals surface area contributed by atoms with Crippen molar-refractivity contribution in [3.05, 3.63) is 29.8 Å². The zero-order valence-electron chi connectivity index (χ0n) is 12.3. The molecule has 0 bridgehead atoms. The van der Waals surface area contributed by atoms with Gasteiger partial charge in [0.25, 0.3) is 5.91 Å². The third-order valence-corrected chi connectivity index (χ3v) is 2.76. The Hall–Kier alpha value is -1.59. The van der Waals surface area contributed by atoms with Crippen molar-refractivity contribution in [2.24, 2.45) is 0 Å². The molecule has 0 aromatic heterocycles. The van der Waals surface area contributed by atoms with E-state index in [2.05, 4.69) is 0 Å². The molecular formula is C15H23NO4. The first-order valence-electron chi connectivity index (χ1n) is 6.73. The van der Waals surface area contributed by atoms with Crippen molar-refractivity contribution in [1.82, 2.24) is 4.90 Å². The minimum atomic E-state index is -0.680. The third kappa shape index (κ3) is 5.19. The van der Waals surface area contributed by atoms with Crippen LogP contribution in [0.25, 0.3) is 0 Å². The van der Waals surface area contributed by atoms with Crippen molar-refractivity contribution < 1.29 is 19.4 Å². The first kappa shape index (κ1) is 16.5. The molecule has 5 nitrogen and oxygen atoms in total. The molecule has 0 saturated heterocycles. The Morgan fingerprint density at radius 3 is 2.55 bits per heavy atom. The predicted octanol–water partition coefficient (Wildman–Crippen LogP) is 1.55. The number of ether oxygens (including phenoxy) is 2. The summed E-state index contributed by atoms with van der Waals surface area (Å²) in [5, 5.41) is 9.62. The highest BCUT2D eigenvalue weighted by Crippen LogP contribution is 2.13. The fraction of sp³-hybridized carbons (Fsp3) is 0.533. The summed E-state index contributed by atoms with van der Waals surface area (Å²) in [5.41, 5.74) is 0.570. The Kier molecular flexibility index (Phi) is 7.04. The molecular weight excluding hydrogens is 258 g/mol. The molecule has 0 saturated carbocycles. The highest BCUT2D eigenvalue weighted by Gasteiger charge is 2.15. The summed E-state index contributed by atoms with van der Waals surface area (Å²) >= 11 is 0. The Balaban J connectivity index is 2.58. The minimum Gasteiger partial charge on any atom is -0.494 e. The summed E-state index contributed by atoms with van der Waals surface area (Å²) in [7, 11) is 3.17. The summed E-state index contributed by atoms with van der Waals surface area (Å²) in [6, 6.07) is 7.02. The van der Waals surface area contributed by atoms with E-state index in [4.69, 9.17) is 9.47 Å². The molecule has 1 N–H and O–H groups in total. The second-order valence-electron chi connectivity index (χ2n) is 4.67. The SMILES string of the molecule is CCCOc1ccc(C(=O)N(C)CC(O)COC)cc1. The van der Waals surface area contributed by atoms with Crippen LogP contribution in [-0.2, 0) is 4.74 Å². The van der Waals surface area contributed by atoms with Gasteiger partial charge in [-0.1, -0.05) is 6.92 Å². The molecule has 20 heavy (non-hydrogen) atoms. The molecule has 0 heterocycles. The highest BCUT2D eigenvalue weighted by molar-refractivity contribution is 5.94. The van der Waals surface area contributed by atoms with Gasteiger partial charge in [0, 0.05) is 26.3 Å². The van der Waals surface area contributed by atoms with Crippen LogP contribution in [-0.4, -0.2) is 55.9 Å². The van der Waals surface area contributed by atoms with Crippen LogP contribution in [0.1, 0.15) is 23.7 Å². The van der Waals surface area contributed by atoms with E-state index in [0.717, 1.165) is 12.2 Å². The number of hydrogen-bond acceptors (Lipinski definition) is 4. The summed E-state index contributed by atoms with van der Waals surface area (Å²) in [6.45, 7) is 3.15. The lowest BCUT2D eigenvalue weighted by atomic mass is 10.2. The molecule has 1 amide bonds. The predicted molar refractivity (Wildman–Crippen MR) is 77.1 cm³/mol. The molecule has 0 aliphatic heterocycles. The number of hydrogen-bond donors (Lipinski definition) is 1. The van der Waals surface area contributed by atoms with Gasteiger partial charge >= 0.3 is 0 Å². The van der Waals surface area contributed by atoms with Crippen LogP contribution in [0.2, 0.25) is 0 Å². The maximum Gasteiger partial charge on any atom is 0.253 e. The number of amides is 1. The lowest BCUT2D eigenvalue weighted by Crippen LogP contribution is -2.36. The second-order valence-corrected chi connectivity index (χ2v) is 4.67. The quantitative estimate of drug-likeness (QED) is 0.785. The second kappa shape index (κ2) is 8.55. The number of carbonyl (C=O) groups is 1. The number of methoxy groups -OCH3 is 1. The summed E-state index contributed by atoms with van der Waals surface area (Å²) in [4.78, 5) is 13.6. The molecule has 0 aliphatic rings. The van der Waals surface area contributed by atoms with E-state index in [0.29, 0.717) is 12.2 Å². The Morgan fingerprint density at radius 2 is 2.00 bits per heavy atom. The molecule has 1 aromatic rings. The molecule has 1 rings (SSSR count). The van der Waals surface area contributed by atoms with Gasteiger partial charge in [-0.3, -0.25) is 4.79 Å². The lowest BCUT2D eigenvalue weighted by molar-refractivity contribution is 0.0380. The van der Waals surface area contributed by atoms with E-state index in [1.54, 1.807) is 31.3 Å². The van der Waals surface area contributed by atoms with Crippen molar-refractivity contribution >= 4 is 5.91 Å². The molecule has 1 aromatic carbocycles. The molecule has 0 radical (unpaired) electrons. The van der Waals surface area contributed by atoms with Gasteiger partial charge in [0.1, 0.15) is 5.75 Å². The normalized spacial score (nSPS) is 12.0. The van der Waals surface area contributed by atoms with Crippen LogP contribution in [0.3, 0.4) is 0 Å². The smallest absolute Gasteiger partial charge is 0.253 e. The van der Waals surface area contributed by atoms with E-state index in [-0.39, 0.29) is 19.1 Å². The third-order valence-electron chi connectivity index (χ3n) is 2.76. The number of aliphatic hydroxyl groups excluding tert-OH is 1. The summed E-state index contributed by atoms with van der Waals surface area (Å²) in [6.07, 6.45) is 0.266. The van der Waals surface area contributed by atoms with Crippen LogP contribution in [0, 0.1) is 0 Å². The fourth-order valence-electron chi connectivity index (χ4n) is 1.78. The van der Waals surface area contributed by atoms with Gasteiger partial charge in [0.2, 0.25) is 0 Å². The van der Waals surface area contributed by atoms with Crippen LogP contribution < -0.4 is 4.74 Å². The number of rotatable bonds is 8. The molecule has 0 spiro atoms. The van der Waals surface area contributed by atoms with Crippen molar-refractivity contribution in [1.29, 1.82) is 0 Å². The molecule has 5 heteroatoms. The van der Waals surface area contributed by atoms with Gasteiger partial charge in [-0.15, -0.1) is 0 Å². The van der Waals surface area contributed by atoms with Crippen molar-refractivity contribution in [2.75, 3.05) is 33.9 Å². The molecule has 0 fully saturated rings. The van der Waals surface area contributed by atoms with Gasteiger partial charge in [0.05, 0.1) is 19.3 Å². The summed E-state index contributed by atoms with van der Waals surface area (Å²) in [5.74, 6) is 0.618. The first-order valence-corrected chi connectivity index (χ1v) is 6.73. The van der Waals surface area contributed by atoms with Gasteiger partial charge < -0.3 is 19.5 Å². The lowest BCUT2D eigenvalue weighted by Gasteiger charge is -2.20. The van der Waals surface area contributed by atoms with Crippen molar-refractivity contribution in [2.45, 2.75) is 19.4 Å².